The van der Waals surface area contributed by atoms with Gasteiger partial charge < -0.3 is 9.64 Å². The van der Waals surface area contributed by atoms with E-state index in [1.807, 2.05) is 27.7 Å². The highest BCUT2D eigenvalue weighted by Gasteiger charge is 2.22. The lowest BCUT2D eigenvalue weighted by Gasteiger charge is -2.27. The van der Waals surface area contributed by atoms with Crippen LogP contribution in [0.1, 0.15) is 39.7 Å². The van der Waals surface area contributed by atoms with Crippen LogP contribution in [0.15, 0.2) is 22.7 Å². The molecule has 5 heteroatoms. The van der Waals surface area contributed by atoms with Crippen molar-refractivity contribution in [3.8, 4) is 0 Å². The van der Waals surface area contributed by atoms with Crippen molar-refractivity contribution in [2.45, 2.75) is 46.3 Å². The van der Waals surface area contributed by atoms with Gasteiger partial charge in [-0.15, -0.1) is 0 Å². The van der Waals surface area contributed by atoms with Gasteiger partial charge in [-0.3, -0.25) is 0 Å². The second-order valence-electron chi connectivity index (χ2n) is 5.64. The summed E-state index contributed by atoms with van der Waals surface area (Å²) in [7, 11) is 0. The van der Waals surface area contributed by atoms with Crippen LogP contribution in [-0.2, 0) is 11.3 Å². The normalized spacial score (nSPS) is 11.3. The van der Waals surface area contributed by atoms with Crippen molar-refractivity contribution in [3.05, 3.63) is 34.1 Å². The predicted octanol–water partition coefficient (Wildman–Crippen LogP) is 4.74. The summed E-state index contributed by atoms with van der Waals surface area (Å²) in [6.45, 7) is 8.49. The SMILES string of the molecule is CCCN(Cc1ccc(F)cc1Br)C(=O)OC(C)(C)C. The molecule has 0 fully saturated rings. The molecule has 0 N–H and O–H groups in total. The summed E-state index contributed by atoms with van der Waals surface area (Å²) in [5.41, 5.74) is 0.328. The number of ether oxygens (including phenoxy) is 1. The molecule has 1 rings (SSSR count). The van der Waals surface area contributed by atoms with Crippen molar-refractivity contribution >= 4 is 22.0 Å². The number of carbonyl (C=O) groups excluding carboxylic acids is 1. The van der Waals surface area contributed by atoms with Crippen LogP contribution in [0.3, 0.4) is 0 Å². The molecule has 0 aliphatic heterocycles. The minimum absolute atomic E-state index is 0.306. The average molecular weight is 346 g/mol. The molecule has 20 heavy (non-hydrogen) atoms. The van der Waals surface area contributed by atoms with E-state index in [1.165, 1.54) is 12.1 Å². The van der Waals surface area contributed by atoms with Crippen molar-refractivity contribution in [2.75, 3.05) is 6.54 Å². The second kappa shape index (κ2) is 7.07. The third-order valence-corrected chi connectivity index (χ3v) is 3.26. The Balaban J connectivity index is 2.83. The number of hydrogen-bond donors (Lipinski definition) is 0. The van der Waals surface area contributed by atoms with Gasteiger partial charge in [-0.2, -0.15) is 0 Å². The Morgan fingerprint density at radius 2 is 2.05 bits per heavy atom. The summed E-state index contributed by atoms with van der Waals surface area (Å²) < 4.78 is 19.1. The van der Waals surface area contributed by atoms with Gasteiger partial charge in [0.15, 0.2) is 0 Å². The number of nitrogens with zero attached hydrogens (tertiary/aromatic N) is 1. The fourth-order valence-corrected chi connectivity index (χ4v) is 2.16. The molecule has 1 aromatic rings. The fourth-order valence-electron chi connectivity index (χ4n) is 1.69. The van der Waals surface area contributed by atoms with Gasteiger partial charge in [0.1, 0.15) is 11.4 Å². The van der Waals surface area contributed by atoms with Crippen LogP contribution >= 0.6 is 15.9 Å². The van der Waals surface area contributed by atoms with E-state index in [1.54, 1.807) is 11.0 Å². The second-order valence-corrected chi connectivity index (χ2v) is 6.49. The standard InChI is InChI=1S/C15H21BrFNO2/c1-5-8-18(14(19)20-15(2,3)4)10-11-6-7-12(17)9-13(11)16/h6-7,9H,5,8,10H2,1-4H3. The first-order valence-corrected chi connectivity index (χ1v) is 7.44. The minimum Gasteiger partial charge on any atom is -0.444 e. The molecule has 3 nitrogen and oxygen atoms in total. The van der Waals surface area contributed by atoms with Crippen LogP contribution in [0.5, 0.6) is 0 Å². The molecule has 0 radical (unpaired) electrons. The van der Waals surface area contributed by atoms with E-state index in [0.29, 0.717) is 17.6 Å². The van der Waals surface area contributed by atoms with Gasteiger partial charge in [-0.25, -0.2) is 9.18 Å². The highest BCUT2D eigenvalue weighted by atomic mass is 79.9. The molecule has 0 spiro atoms. The Hall–Kier alpha value is -1.10. The first kappa shape index (κ1) is 17.0. The van der Waals surface area contributed by atoms with Crippen molar-refractivity contribution in [2.24, 2.45) is 0 Å². The van der Waals surface area contributed by atoms with Crippen LogP contribution in [-0.4, -0.2) is 23.1 Å². The highest BCUT2D eigenvalue weighted by molar-refractivity contribution is 9.10. The third-order valence-electron chi connectivity index (χ3n) is 2.52. The quantitative estimate of drug-likeness (QED) is 0.788. The first-order valence-electron chi connectivity index (χ1n) is 6.65. The van der Waals surface area contributed by atoms with Crippen molar-refractivity contribution in [3.63, 3.8) is 0 Å². The Morgan fingerprint density at radius 3 is 2.55 bits per heavy atom. The van der Waals surface area contributed by atoms with Gasteiger partial charge in [0.25, 0.3) is 0 Å². The summed E-state index contributed by atoms with van der Waals surface area (Å²) in [5.74, 6) is -0.306. The molecule has 0 unspecified atom stereocenters. The molecule has 0 aromatic heterocycles. The summed E-state index contributed by atoms with van der Waals surface area (Å²) in [6.07, 6.45) is 0.480. The molecule has 0 saturated heterocycles. The van der Waals surface area contributed by atoms with E-state index in [2.05, 4.69) is 15.9 Å². The lowest BCUT2D eigenvalue weighted by molar-refractivity contribution is 0.0233. The summed E-state index contributed by atoms with van der Waals surface area (Å²) in [4.78, 5) is 13.8. The van der Waals surface area contributed by atoms with E-state index in [9.17, 15) is 9.18 Å². The Labute approximate surface area is 128 Å². The smallest absolute Gasteiger partial charge is 0.410 e. The molecular weight excluding hydrogens is 325 g/mol. The lowest BCUT2D eigenvalue weighted by atomic mass is 10.2. The maximum absolute atomic E-state index is 13.1. The number of hydrogen-bond acceptors (Lipinski definition) is 2. The molecule has 0 aliphatic carbocycles. The maximum atomic E-state index is 13.1. The summed E-state index contributed by atoms with van der Waals surface area (Å²) in [5, 5.41) is 0. The predicted molar refractivity (Wildman–Crippen MR) is 81.0 cm³/mol. The zero-order chi connectivity index (χ0) is 15.3. The molecule has 0 bridgehead atoms. The average Bonchev–Trinajstić information content (AvgIpc) is 2.29. The number of halogens is 2. The van der Waals surface area contributed by atoms with E-state index in [-0.39, 0.29) is 11.9 Å². The molecule has 0 heterocycles. The molecule has 0 atom stereocenters. The molecule has 1 amide bonds. The monoisotopic (exact) mass is 345 g/mol. The van der Waals surface area contributed by atoms with Crippen LogP contribution < -0.4 is 0 Å². The van der Waals surface area contributed by atoms with E-state index < -0.39 is 5.60 Å². The van der Waals surface area contributed by atoms with Crippen LogP contribution in [0.25, 0.3) is 0 Å². The summed E-state index contributed by atoms with van der Waals surface area (Å²) >= 11 is 3.32. The van der Waals surface area contributed by atoms with Crippen molar-refractivity contribution in [1.82, 2.24) is 4.90 Å². The van der Waals surface area contributed by atoms with Crippen molar-refractivity contribution < 1.29 is 13.9 Å². The molecular formula is C15H21BrFNO2. The van der Waals surface area contributed by atoms with E-state index >= 15 is 0 Å². The Bertz CT molecular complexity index is 471. The third kappa shape index (κ3) is 5.49. The zero-order valence-corrected chi connectivity index (χ0v) is 14.0. The number of benzene rings is 1. The van der Waals surface area contributed by atoms with Crippen LogP contribution in [0.2, 0.25) is 0 Å². The first-order chi connectivity index (χ1) is 9.23. The lowest BCUT2D eigenvalue weighted by Crippen LogP contribution is -2.37. The topological polar surface area (TPSA) is 29.5 Å². The van der Waals surface area contributed by atoms with Crippen molar-refractivity contribution in [1.29, 1.82) is 0 Å². The molecule has 0 aliphatic rings. The maximum Gasteiger partial charge on any atom is 0.410 e. The van der Waals surface area contributed by atoms with Gasteiger partial charge in [0.05, 0.1) is 6.54 Å². The van der Waals surface area contributed by atoms with Crippen LogP contribution in [0.4, 0.5) is 9.18 Å². The summed E-state index contributed by atoms with van der Waals surface area (Å²) in [6, 6.07) is 4.46. The fraction of sp³-hybridized carbons (Fsp3) is 0.533. The van der Waals surface area contributed by atoms with E-state index in [4.69, 9.17) is 4.74 Å². The van der Waals surface area contributed by atoms with Gasteiger partial charge in [0.2, 0.25) is 0 Å². The van der Waals surface area contributed by atoms with Gasteiger partial charge in [-0.1, -0.05) is 28.9 Å². The zero-order valence-electron chi connectivity index (χ0n) is 12.4. The number of rotatable bonds is 4. The van der Waals surface area contributed by atoms with Crippen LogP contribution in [0, 0.1) is 5.82 Å². The highest BCUT2D eigenvalue weighted by Crippen LogP contribution is 2.21. The Morgan fingerprint density at radius 1 is 1.40 bits per heavy atom. The molecule has 0 saturated carbocycles. The van der Waals surface area contributed by atoms with E-state index in [0.717, 1.165) is 12.0 Å². The Kier molecular flexibility index (Phi) is 5.99. The molecule has 1 aromatic carbocycles. The number of carbonyl (C=O) groups is 1. The largest absolute Gasteiger partial charge is 0.444 e. The van der Waals surface area contributed by atoms with Gasteiger partial charge in [0, 0.05) is 11.0 Å². The minimum atomic E-state index is -0.525. The van der Waals surface area contributed by atoms with Gasteiger partial charge in [-0.05, 0) is 44.9 Å². The van der Waals surface area contributed by atoms with Gasteiger partial charge >= 0.3 is 6.09 Å². The molecule has 112 valence electrons. The number of amides is 1.